The number of carbonyl (C=O) groups excluding carboxylic acids is 1. The Morgan fingerprint density at radius 2 is 1.81 bits per heavy atom. The normalized spacial score (nSPS) is 16.5. The van der Waals surface area contributed by atoms with Crippen molar-refractivity contribution >= 4 is 11.6 Å². The van der Waals surface area contributed by atoms with Crippen LogP contribution in [0.4, 0.5) is 18.9 Å². The fourth-order valence-electron chi connectivity index (χ4n) is 3.16. The van der Waals surface area contributed by atoms with Gasteiger partial charge in [0.1, 0.15) is 11.5 Å². The summed E-state index contributed by atoms with van der Waals surface area (Å²) in [7, 11) is 2.83. The second-order valence-electron chi connectivity index (χ2n) is 5.99. The van der Waals surface area contributed by atoms with Gasteiger partial charge in [-0.2, -0.15) is 13.2 Å². The molecule has 2 aromatic carbocycles. The van der Waals surface area contributed by atoms with E-state index >= 15 is 0 Å². The molecule has 1 atom stereocenters. The molecule has 0 N–H and O–H groups in total. The number of methoxy groups -OCH3 is 2. The van der Waals surface area contributed by atoms with Crippen molar-refractivity contribution < 1.29 is 27.4 Å². The van der Waals surface area contributed by atoms with Gasteiger partial charge in [-0.1, -0.05) is 42.5 Å². The predicted octanol–water partition coefficient (Wildman–Crippen LogP) is 4.45. The highest BCUT2D eigenvalue weighted by molar-refractivity contribution is 6.00. The van der Waals surface area contributed by atoms with Crippen molar-refractivity contribution in [3.8, 4) is 11.5 Å². The third kappa shape index (κ3) is 3.63. The monoisotopic (exact) mass is 377 g/mol. The number of amides is 1. The van der Waals surface area contributed by atoms with Crippen LogP contribution in [0, 0.1) is 0 Å². The van der Waals surface area contributed by atoms with Gasteiger partial charge in [0.2, 0.25) is 0 Å². The number of anilines is 1. The molecule has 0 spiro atoms. The van der Waals surface area contributed by atoms with Gasteiger partial charge in [0.05, 0.1) is 25.9 Å². The summed E-state index contributed by atoms with van der Waals surface area (Å²) in [6.07, 6.45) is -1.35. The van der Waals surface area contributed by atoms with Crippen LogP contribution >= 0.6 is 0 Å². The summed E-state index contributed by atoms with van der Waals surface area (Å²) >= 11 is 0. The van der Waals surface area contributed by atoms with E-state index in [1.54, 1.807) is 48.6 Å². The standard InChI is InChI=1S/C20H18F3NO3/c1-26-14-11-17-15(18(12-14)27-2)9-6-10-16(13-7-4-3-5-8-13)24(17)19(25)20(21,22)23/h3-8,10-12,16H,9H2,1-2H3/t16-/m0/s1. The number of rotatable bonds is 3. The molecule has 0 aromatic heterocycles. The zero-order valence-electron chi connectivity index (χ0n) is 14.8. The van der Waals surface area contributed by atoms with Crippen molar-refractivity contribution in [2.75, 3.05) is 19.1 Å². The first-order valence-corrected chi connectivity index (χ1v) is 8.23. The molecule has 0 radical (unpaired) electrons. The molecule has 0 bridgehead atoms. The Bertz CT molecular complexity index is 863. The summed E-state index contributed by atoms with van der Waals surface area (Å²) in [5, 5.41) is 0. The molecule has 7 heteroatoms. The number of carbonyl (C=O) groups is 1. The highest BCUT2D eigenvalue weighted by atomic mass is 19.4. The van der Waals surface area contributed by atoms with Crippen LogP contribution in [0.25, 0.3) is 0 Å². The summed E-state index contributed by atoms with van der Waals surface area (Å²) in [6, 6.07) is 10.7. The third-order valence-corrected chi connectivity index (χ3v) is 4.40. The fraction of sp³-hybridized carbons (Fsp3) is 0.250. The highest BCUT2D eigenvalue weighted by Gasteiger charge is 2.46. The minimum absolute atomic E-state index is 0.118. The largest absolute Gasteiger partial charge is 0.497 e. The van der Waals surface area contributed by atoms with Gasteiger partial charge >= 0.3 is 12.1 Å². The zero-order chi connectivity index (χ0) is 19.6. The number of alkyl halides is 3. The Balaban J connectivity index is 2.26. The van der Waals surface area contributed by atoms with Crippen molar-refractivity contribution in [3.05, 3.63) is 65.7 Å². The lowest BCUT2D eigenvalue weighted by atomic mass is 10.0. The number of hydrogen-bond acceptors (Lipinski definition) is 3. The predicted molar refractivity (Wildman–Crippen MR) is 95.1 cm³/mol. The van der Waals surface area contributed by atoms with Gasteiger partial charge in [0, 0.05) is 17.7 Å². The zero-order valence-corrected chi connectivity index (χ0v) is 14.8. The number of benzene rings is 2. The topological polar surface area (TPSA) is 38.8 Å². The third-order valence-electron chi connectivity index (χ3n) is 4.40. The molecule has 1 heterocycles. The molecule has 1 aliphatic heterocycles. The van der Waals surface area contributed by atoms with Crippen molar-refractivity contribution in [3.63, 3.8) is 0 Å². The van der Waals surface area contributed by atoms with E-state index in [0.717, 1.165) is 4.90 Å². The molecule has 1 amide bonds. The maximum absolute atomic E-state index is 13.4. The fourth-order valence-corrected chi connectivity index (χ4v) is 3.16. The van der Waals surface area contributed by atoms with Gasteiger partial charge in [0.25, 0.3) is 0 Å². The Morgan fingerprint density at radius 1 is 1.11 bits per heavy atom. The van der Waals surface area contributed by atoms with Gasteiger partial charge in [-0.15, -0.1) is 0 Å². The van der Waals surface area contributed by atoms with E-state index in [1.165, 1.54) is 20.3 Å². The quantitative estimate of drug-likeness (QED) is 0.742. The molecule has 3 rings (SSSR count). The smallest absolute Gasteiger partial charge is 0.471 e. The minimum atomic E-state index is -5.03. The summed E-state index contributed by atoms with van der Waals surface area (Å²) in [5.41, 5.74) is 1.18. The molecule has 27 heavy (non-hydrogen) atoms. The average molecular weight is 377 g/mol. The molecule has 0 aliphatic carbocycles. The first kappa shape index (κ1) is 18.8. The van der Waals surface area contributed by atoms with E-state index in [4.69, 9.17) is 9.47 Å². The maximum atomic E-state index is 13.4. The first-order valence-electron chi connectivity index (χ1n) is 8.23. The number of nitrogens with zero attached hydrogens (tertiary/aromatic N) is 1. The van der Waals surface area contributed by atoms with E-state index in [-0.39, 0.29) is 5.69 Å². The lowest BCUT2D eigenvalue weighted by Gasteiger charge is -2.31. The summed E-state index contributed by atoms with van der Waals surface area (Å²) in [5.74, 6) is -1.28. The number of halogens is 3. The van der Waals surface area contributed by atoms with Gasteiger partial charge in [-0.25, -0.2) is 0 Å². The summed E-state index contributed by atoms with van der Waals surface area (Å²) < 4.78 is 50.8. The maximum Gasteiger partial charge on any atom is 0.471 e. The number of fused-ring (bicyclic) bond motifs is 1. The molecule has 0 unspecified atom stereocenters. The minimum Gasteiger partial charge on any atom is -0.497 e. The molecule has 2 aromatic rings. The second-order valence-corrected chi connectivity index (χ2v) is 5.99. The molecule has 0 saturated heterocycles. The van der Waals surface area contributed by atoms with Crippen LogP contribution in [-0.2, 0) is 11.2 Å². The highest BCUT2D eigenvalue weighted by Crippen LogP contribution is 2.42. The van der Waals surface area contributed by atoms with E-state index in [9.17, 15) is 18.0 Å². The molecule has 4 nitrogen and oxygen atoms in total. The molecular formula is C20H18F3NO3. The van der Waals surface area contributed by atoms with Crippen molar-refractivity contribution in [1.82, 2.24) is 0 Å². The van der Waals surface area contributed by atoms with Gasteiger partial charge in [0.15, 0.2) is 0 Å². The molecule has 0 saturated carbocycles. The van der Waals surface area contributed by atoms with E-state index < -0.39 is 18.1 Å². The average Bonchev–Trinajstić information content (AvgIpc) is 2.85. The Morgan fingerprint density at radius 3 is 2.41 bits per heavy atom. The van der Waals surface area contributed by atoms with Crippen LogP contribution < -0.4 is 14.4 Å². The van der Waals surface area contributed by atoms with Crippen molar-refractivity contribution in [2.24, 2.45) is 0 Å². The lowest BCUT2D eigenvalue weighted by molar-refractivity contribution is -0.170. The van der Waals surface area contributed by atoms with Crippen molar-refractivity contribution in [2.45, 2.75) is 18.6 Å². The first-order chi connectivity index (χ1) is 12.9. The second kappa shape index (κ2) is 7.34. The van der Waals surface area contributed by atoms with Crippen LogP contribution in [0.2, 0.25) is 0 Å². The molecular weight excluding hydrogens is 359 g/mol. The van der Waals surface area contributed by atoms with Crippen LogP contribution in [-0.4, -0.2) is 26.3 Å². The van der Waals surface area contributed by atoms with E-state index in [1.807, 2.05) is 0 Å². The Hall–Kier alpha value is -2.96. The molecule has 1 aliphatic rings. The van der Waals surface area contributed by atoms with Crippen LogP contribution in [0.1, 0.15) is 17.2 Å². The van der Waals surface area contributed by atoms with Gasteiger partial charge in [-0.3, -0.25) is 9.69 Å². The van der Waals surface area contributed by atoms with Gasteiger partial charge in [-0.05, 0) is 12.0 Å². The summed E-state index contributed by atoms with van der Waals surface area (Å²) in [4.78, 5) is 13.2. The Kier molecular flexibility index (Phi) is 5.12. The van der Waals surface area contributed by atoms with Crippen molar-refractivity contribution in [1.29, 1.82) is 0 Å². The van der Waals surface area contributed by atoms with E-state index in [2.05, 4.69) is 0 Å². The van der Waals surface area contributed by atoms with Gasteiger partial charge < -0.3 is 9.47 Å². The Labute approximate surface area is 154 Å². The SMILES string of the molecule is COc1cc(OC)c2c(c1)N(C(=O)C(F)(F)F)[C@H](c1ccccc1)C=CC2. The summed E-state index contributed by atoms with van der Waals surface area (Å²) in [6.45, 7) is 0. The number of hydrogen-bond donors (Lipinski definition) is 0. The number of ether oxygens (including phenoxy) is 2. The van der Waals surface area contributed by atoms with Crippen LogP contribution in [0.3, 0.4) is 0 Å². The lowest BCUT2D eigenvalue weighted by Crippen LogP contribution is -2.43. The molecule has 142 valence electrons. The number of allylic oxidation sites excluding steroid dienone is 1. The van der Waals surface area contributed by atoms with E-state index in [0.29, 0.717) is 29.0 Å². The van der Waals surface area contributed by atoms with Crippen LogP contribution in [0.15, 0.2) is 54.6 Å². The van der Waals surface area contributed by atoms with Crippen LogP contribution in [0.5, 0.6) is 11.5 Å². The molecule has 0 fully saturated rings.